The molecule has 0 aliphatic carbocycles. The van der Waals surface area contributed by atoms with Crippen molar-refractivity contribution in [2.75, 3.05) is 18.5 Å². The molecule has 1 unspecified atom stereocenters. The Morgan fingerprint density at radius 3 is 2.81 bits per heavy atom. The Balaban J connectivity index is 1.64. The Bertz CT molecular complexity index is 1050. The first-order valence-corrected chi connectivity index (χ1v) is 8.27. The van der Waals surface area contributed by atoms with E-state index in [2.05, 4.69) is 10.3 Å². The van der Waals surface area contributed by atoms with Crippen LogP contribution in [0, 0.1) is 5.82 Å². The fraction of sp³-hybridized carbons (Fsp3) is 0.222. The standard InChI is InChI=1S/C18H16FN5O3/c1-11(25)22(2)17-10-23(18(26)27-17)12-7-8-15(13(19)9-12)24-16-6-4-3-5-14(16)20-21-24/h3-9,17H,10H2,1-2H3. The number of cyclic esters (lactones) is 1. The number of carbonyl (C=O) groups excluding carboxylic acids is 2. The highest BCUT2D eigenvalue weighted by Crippen LogP contribution is 2.27. The van der Waals surface area contributed by atoms with Gasteiger partial charge < -0.3 is 9.64 Å². The van der Waals surface area contributed by atoms with Crippen molar-refractivity contribution < 1.29 is 18.7 Å². The maximum atomic E-state index is 14.8. The molecular weight excluding hydrogens is 353 g/mol. The molecule has 3 aromatic rings. The summed E-state index contributed by atoms with van der Waals surface area (Å²) in [4.78, 5) is 26.2. The van der Waals surface area contributed by atoms with E-state index in [0.29, 0.717) is 16.7 Å². The molecule has 2 aromatic carbocycles. The molecule has 138 valence electrons. The Kier molecular flexibility index (Phi) is 3.98. The van der Waals surface area contributed by atoms with Crippen molar-refractivity contribution in [3.05, 3.63) is 48.3 Å². The monoisotopic (exact) mass is 369 g/mol. The summed E-state index contributed by atoms with van der Waals surface area (Å²) in [6.07, 6.45) is -1.34. The number of para-hydroxylation sites is 1. The second-order valence-electron chi connectivity index (χ2n) is 6.20. The van der Waals surface area contributed by atoms with Crippen LogP contribution in [0.1, 0.15) is 6.92 Å². The molecule has 0 N–H and O–H groups in total. The van der Waals surface area contributed by atoms with Gasteiger partial charge in [0, 0.05) is 14.0 Å². The zero-order chi connectivity index (χ0) is 19.1. The number of likely N-dealkylation sites (N-methyl/N-ethyl adjacent to an activating group) is 1. The quantitative estimate of drug-likeness (QED) is 0.708. The van der Waals surface area contributed by atoms with Crippen LogP contribution < -0.4 is 4.90 Å². The maximum absolute atomic E-state index is 14.8. The van der Waals surface area contributed by atoms with E-state index in [1.165, 1.54) is 33.5 Å². The average Bonchev–Trinajstić information content (AvgIpc) is 3.24. The van der Waals surface area contributed by atoms with E-state index in [1.54, 1.807) is 25.2 Å². The number of ether oxygens (including phenoxy) is 1. The Morgan fingerprint density at radius 2 is 2.07 bits per heavy atom. The number of benzene rings is 2. The van der Waals surface area contributed by atoms with Gasteiger partial charge in [-0.3, -0.25) is 9.69 Å². The third-order valence-electron chi connectivity index (χ3n) is 4.55. The first-order chi connectivity index (χ1) is 13.0. The molecule has 4 rings (SSSR count). The minimum Gasteiger partial charge on any atom is -0.423 e. The Morgan fingerprint density at radius 1 is 1.30 bits per heavy atom. The molecule has 1 aliphatic rings. The first-order valence-electron chi connectivity index (χ1n) is 8.27. The van der Waals surface area contributed by atoms with Crippen molar-refractivity contribution in [2.45, 2.75) is 13.2 Å². The van der Waals surface area contributed by atoms with Gasteiger partial charge >= 0.3 is 6.09 Å². The molecular formula is C18H16FN5O3. The second kappa shape index (κ2) is 6.35. The zero-order valence-corrected chi connectivity index (χ0v) is 14.7. The number of halogens is 1. The maximum Gasteiger partial charge on any atom is 0.416 e. The van der Waals surface area contributed by atoms with Crippen LogP contribution in [0.2, 0.25) is 0 Å². The minimum atomic E-state index is -0.711. The van der Waals surface area contributed by atoms with Crippen LogP contribution in [0.4, 0.5) is 14.9 Å². The summed E-state index contributed by atoms with van der Waals surface area (Å²) in [5.74, 6) is -0.784. The Hall–Kier alpha value is -3.49. The molecule has 1 atom stereocenters. The molecule has 0 bridgehead atoms. The molecule has 9 heteroatoms. The topological polar surface area (TPSA) is 80.6 Å². The second-order valence-corrected chi connectivity index (χ2v) is 6.20. The molecule has 1 aromatic heterocycles. The molecule has 2 amide bonds. The van der Waals surface area contributed by atoms with Crippen molar-refractivity contribution >= 4 is 28.7 Å². The summed E-state index contributed by atoms with van der Waals surface area (Å²) < 4.78 is 21.4. The van der Waals surface area contributed by atoms with Crippen LogP contribution in [0.3, 0.4) is 0 Å². The lowest BCUT2D eigenvalue weighted by atomic mass is 10.2. The molecule has 2 heterocycles. The normalized spacial score (nSPS) is 16.6. The van der Waals surface area contributed by atoms with Gasteiger partial charge in [-0.1, -0.05) is 17.3 Å². The number of hydrogen-bond donors (Lipinski definition) is 0. The molecule has 1 saturated heterocycles. The summed E-state index contributed by atoms with van der Waals surface area (Å²) in [6, 6.07) is 11.6. The first kappa shape index (κ1) is 17.0. The van der Waals surface area contributed by atoms with E-state index in [4.69, 9.17) is 4.74 Å². The number of carbonyl (C=O) groups is 2. The minimum absolute atomic E-state index is 0.125. The lowest BCUT2D eigenvalue weighted by molar-refractivity contribution is -0.134. The molecule has 8 nitrogen and oxygen atoms in total. The summed E-state index contributed by atoms with van der Waals surface area (Å²) in [5.41, 5.74) is 1.88. The molecule has 27 heavy (non-hydrogen) atoms. The number of aromatic nitrogens is 3. The van der Waals surface area contributed by atoms with Crippen LogP contribution in [-0.2, 0) is 9.53 Å². The Labute approximate surface area is 153 Å². The van der Waals surface area contributed by atoms with E-state index >= 15 is 0 Å². The van der Waals surface area contributed by atoms with E-state index in [9.17, 15) is 14.0 Å². The number of hydrogen-bond acceptors (Lipinski definition) is 5. The molecule has 0 spiro atoms. The predicted molar refractivity (Wildman–Crippen MR) is 94.9 cm³/mol. The summed E-state index contributed by atoms with van der Waals surface area (Å²) in [7, 11) is 1.54. The number of amides is 2. The van der Waals surface area contributed by atoms with Gasteiger partial charge in [0.1, 0.15) is 11.2 Å². The van der Waals surface area contributed by atoms with Crippen molar-refractivity contribution in [3.8, 4) is 5.69 Å². The van der Waals surface area contributed by atoms with Crippen molar-refractivity contribution in [3.63, 3.8) is 0 Å². The molecule has 0 saturated carbocycles. The molecule has 1 aliphatic heterocycles. The van der Waals surface area contributed by atoms with Crippen molar-refractivity contribution in [2.24, 2.45) is 0 Å². The van der Waals surface area contributed by atoms with Crippen molar-refractivity contribution in [1.82, 2.24) is 19.9 Å². The number of rotatable bonds is 3. The smallest absolute Gasteiger partial charge is 0.416 e. The van der Waals surface area contributed by atoms with Gasteiger partial charge in [-0.05, 0) is 30.3 Å². The lowest BCUT2D eigenvalue weighted by Gasteiger charge is -2.20. The molecule has 0 radical (unpaired) electrons. The number of anilines is 1. The van der Waals surface area contributed by atoms with Crippen LogP contribution in [0.25, 0.3) is 16.7 Å². The van der Waals surface area contributed by atoms with Gasteiger partial charge in [-0.2, -0.15) is 0 Å². The lowest BCUT2D eigenvalue weighted by Crippen LogP contribution is -2.38. The highest BCUT2D eigenvalue weighted by Gasteiger charge is 2.36. The van der Waals surface area contributed by atoms with Gasteiger partial charge in [0.2, 0.25) is 5.91 Å². The van der Waals surface area contributed by atoms with Gasteiger partial charge in [-0.25, -0.2) is 13.9 Å². The van der Waals surface area contributed by atoms with Crippen LogP contribution in [0.15, 0.2) is 42.5 Å². The van der Waals surface area contributed by atoms with Crippen molar-refractivity contribution in [1.29, 1.82) is 0 Å². The fourth-order valence-corrected chi connectivity index (χ4v) is 2.95. The highest BCUT2D eigenvalue weighted by atomic mass is 19.1. The van der Waals surface area contributed by atoms with E-state index in [-0.39, 0.29) is 18.1 Å². The van der Waals surface area contributed by atoms with E-state index < -0.39 is 18.1 Å². The predicted octanol–water partition coefficient (Wildman–Crippen LogP) is 2.32. The largest absolute Gasteiger partial charge is 0.423 e. The van der Waals surface area contributed by atoms with Crippen LogP contribution in [0.5, 0.6) is 0 Å². The van der Waals surface area contributed by atoms with Gasteiger partial charge in [0.15, 0.2) is 12.0 Å². The third kappa shape index (κ3) is 2.86. The van der Waals surface area contributed by atoms with Crippen LogP contribution >= 0.6 is 0 Å². The van der Waals surface area contributed by atoms with Gasteiger partial charge in [-0.15, -0.1) is 5.10 Å². The highest BCUT2D eigenvalue weighted by molar-refractivity contribution is 5.90. The summed E-state index contributed by atoms with van der Waals surface area (Å²) >= 11 is 0. The summed E-state index contributed by atoms with van der Waals surface area (Å²) in [6.45, 7) is 1.51. The average molecular weight is 369 g/mol. The fourth-order valence-electron chi connectivity index (χ4n) is 2.95. The number of fused-ring (bicyclic) bond motifs is 1. The van der Waals surface area contributed by atoms with E-state index in [0.717, 1.165) is 0 Å². The third-order valence-corrected chi connectivity index (χ3v) is 4.55. The SMILES string of the molecule is CC(=O)N(C)C1CN(c2ccc(-n3nnc4ccccc43)c(F)c2)C(=O)O1. The van der Waals surface area contributed by atoms with E-state index in [1.807, 2.05) is 12.1 Å². The van der Waals surface area contributed by atoms with Gasteiger partial charge in [0.05, 0.1) is 17.7 Å². The van der Waals surface area contributed by atoms with Crippen LogP contribution in [-0.4, -0.2) is 51.7 Å². The van der Waals surface area contributed by atoms with Gasteiger partial charge in [0.25, 0.3) is 0 Å². The number of nitrogens with zero attached hydrogens (tertiary/aromatic N) is 5. The molecule has 1 fully saturated rings. The zero-order valence-electron chi connectivity index (χ0n) is 14.7. The summed E-state index contributed by atoms with van der Waals surface area (Å²) in [5, 5.41) is 8.02.